The zero-order valence-electron chi connectivity index (χ0n) is 12.3. The van der Waals surface area contributed by atoms with Gasteiger partial charge in [0.25, 0.3) is 0 Å². The predicted molar refractivity (Wildman–Crippen MR) is 85.0 cm³/mol. The first-order chi connectivity index (χ1) is 9.04. The second kappa shape index (κ2) is 6.41. The van der Waals surface area contributed by atoms with Gasteiger partial charge in [-0.15, -0.1) is 0 Å². The van der Waals surface area contributed by atoms with Crippen LogP contribution in [0.3, 0.4) is 0 Å². The quantitative estimate of drug-likeness (QED) is 0.688. The van der Waals surface area contributed by atoms with Crippen molar-refractivity contribution in [3.8, 4) is 0 Å². The fourth-order valence-electron chi connectivity index (χ4n) is 2.59. The van der Waals surface area contributed by atoms with Gasteiger partial charge in [0, 0.05) is 11.4 Å². The highest BCUT2D eigenvalue weighted by atomic mass is 79.9. The molecule has 0 aromatic heterocycles. The Morgan fingerprint density at radius 2 is 2.00 bits per heavy atom. The number of hydrogen-bond acceptors (Lipinski definition) is 1. The molecule has 0 N–H and O–H groups in total. The third kappa shape index (κ3) is 3.61. The number of halogens is 1. The van der Waals surface area contributed by atoms with Crippen molar-refractivity contribution in [2.75, 3.05) is 13.2 Å². The van der Waals surface area contributed by atoms with Crippen LogP contribution < -0.4 is 0 Å². The molecule has 1 fully saturated rings. The first kappa shape index (κ1) is 15.1. The van der Waals surface area contributed by atoms with Gasteiger partial charge in [0.2, 0.25) is 0 Å². The van der Waals surface area contributed by atoms with Gasteiger partial charge in [-0.2, -0.15) is 0 Å². The van der Waals surface area contributed by atoms with E-state index in [0.29, 0.717) is 10.7 Å². The molecule has 19 heavy (non-hydrogen) atoms. The van der Waals surface area contributed by atoms with Gasteiger partial charge >= 0.3 is 0 Å². The maximum absolute atomic E-state index is 5.59. The summed E-state index contributed by atoms with van der Waals surface area (Å²) in [4.78, 5) is 0.423. The molecule has 1 aliphatic heterocycles. The number of alkyl halides is 1. The monoisotopic (exact) mass is 324 g/mol. The van der Waals surface area contributed by atoms with Crippen LogP contribution in [0.1, 0.15) is 56.0 Å². The van der Waals surface area contributed by atoms with E-state index in [4.69, 9.17) is 4.74 Å². The molecule has 1 heterocycles. The third-order valence-electron chi connectivity index (χ3n) is 4.50. The van der Waals surface area contributed by atoms with Crippen molar-refractivity contribution in [1.82, 2.24) is 0 Å². The van der Waals surface area contributed by atoms with Gasteiger partial charge in [-0.1, -0.05) is 61.0 Å². The van der Waals surface area contributed by atoms with Crippen molar-refractivity contribution in [2.45, 2.75) is 50.3 Å². The Hall–Kier alpha value is -0.340. The molecule has 2 rings (SSSR count). The lowest BCUT2D eigenvalue weighted by Gasteiger charge is -2.28. The zero-order chi connectivity index (χ0) is 13.9. The van der Waals surface area contributed by atoms with Crippen molar-refractivity contribution in [1.29, 1.82) is 0 Å². The lowest BCUT2D eigenvalue weighted by Crippen LogP contribution is -2.21. The summed E-state index contributed by atoms with van der Waals surface area (Å²) < 4.78 is 5.59. The molecule has 0 radical (unpaired) electrons. The van der Waals surface area contributed by atoms with Crippen LogP contribution in [-0.2, 0) is 10.2 Å². The van der Waals surface area contributed by atoms with Crippen LogP contribution >= 0.6 is 15.9 Å². The molecule has 0 aliphatic carbocycles. The van der Waals surface area contributed by atoms with Crippen LogP contribution in [0.15, 0.2) is 24.3 Å². The maximum atomic E-state index is 5.59. The minimum atomic E-state index is 0.272. The summed E-state index contributed by atoms with van der Waals surface area (Å²) in [5.41, 5.74) is 3.08. The lowest BCUT2D eigenvalue weighted by atomic mass is 9.81. The summed E-state index contributed by atoms with van der Waals surface area (Å²) in [6, 6.07) is 9.13. The number of ether oxygens (including phenoxy) is 1. The summed E-state index contributed by atoms with van der Waals surface area (Å²) in [7, 11) is 0. The normalized spacial score (nSPS) is 22.2. The second-order valence-electron chi connectivity index (χ2n) is 6.24. The molecule has 1 nitrogen and oxygen atoms in total. The number of hydrogen-bond donors (Lipinski definition) is 0. The molecular formula is C17H25BrO. The van der Waals surface area contributed by atoms with Crippen LogP contribution in [0.5, 0.6) is 0 Å². The maximum Gasteiger partial charge on any atom is 0.0508 e. The smallest absolute Gasteiger partial charge is 0.0508 e. The van der Waals surface area contributed by atoms with E-state index in [2.05, 4.69) is 61.0 Å². The Kier molecular flexibility index (Phi) is 5.08. The van der Waals surface area contributed by atoms with Gasteiger partial charge in [-0.05, 0) is 41.7 Å². The summed E-state index contributed by atoms with van der Waals surface area (Å²) in [5, 5.41) is 0. The Morgan fingerprint density at radius 1 is 1.32 bits per heavy atom. The van der Waals surface area contributed by atoms with Gasteiger partial charge in [0.05, 0.1) is 6.61 Å². The van der Waals surface area contributed by atoms with Gasteiger partial charge in [0.15, 0.2) is 0 Å². The number of rotatable bonds is 4. The van der Waals surface area contributed by atoms with Gasteiger partial charge in [0.1, 0.15) is 0 Å². The van der Waals surface area contributed by atoms with E-state index < -0.39 is 0 Å². The summed E-state index contributed by atoms with van der Waals surface area (Å²) >= 11 is 3.86. The molecule has 0 bridgehead atoms. The first-order valence-corrected chi connectivity index (χ1v) is 8.28. The Balaban J connectivity index is 2.09. The van der Waals surface area contributed by atoms with E-state index in [1.807, 2.05) is 0 Å². The van der Waals surface area contributed by atoms with E-state index in [1.165, 1.54) is 30.4 Å². The van der Waals surface area contributed by atoms with Crippen molar-refractivity contribution in [3.63, 3.8) is 0 Å². The van der Waals surface area contributed by atoms with E-state index in [0.717, 1.165) is 13.2 Å². The molecule has 0 amide bonds. The molecule has 0 saturated carbocycles. The molecule has 2 heteroatoms. The second-order valence-corrected chi connectivity index (χ2v) is 7.22. The van der Waals surface area contributed by atoms with Crippen LogP contribution in [0, 0.1) is 5.92 Å². The van der Waals surface area contributed by atoms with Crippen molar-refractivity contribution in [3.05, 3.63) is 35.4 Å². The average molecular weight is 325 g/mol. The SMILES string of the molecule is CCC(C)(C)c1ccc(C(Br)C2CCCOC2)cc1. The third-order valence-corrected chi connectivity index (χ3v) is 5.78. The fourth-order valence-corrected chi connectivity index (χ4v) is 3.31. The standard InChI is InChI=1S/C17H25BrO/c1-4-17(2,3)15-9-7-13(8-10-15)16(18)14-6-5-11-19-12-14/h7-10,14,16H,4-6,11-12H2,1-3H3. The highest BCUT2D eigenvalue weighted by Gasteiger charge is 2.24. The van der Waals surface area contributed by atoms with Gasteiger partial charge in [-0.3, -0.25) is 0 Å². The molecule has 0 spiro atoms. The van der Waals surface area contributed by atoms with Gasteiger partial charge in [-0.25, -0.2) is 0 Å². The van der Waals surface area contributed by atoms with Crippen LogP contribution in [-0.4, -0.2) is 13.2 Å². The fraction of sp³-hybridized carbons (Fsp3) is 0.647. The number of benzene rings is 1. The van der Waals surface area contributed by atoms with Crippen LogP contribution in [0.2, 0.25) is 0 Å². The van der Waals surface area contributed by atoms with E-state index >= 15 is 0 Å². The topological polar surface area (TPSA) is 9.23 Å². The molecule has 2 unspecified atom stereocenters. The van der Waals surface area contributed by atoms with E-state index in [9.17, 15) is 0 Å². The Labute approximate surface area is 125 Å². The van der Waals surface area contributed by atoms with Crippen molar-refractivity contribution < 1.29 is 4.74 Å². The molecule has 1 saturated heterocycles. The summed E-state index contributed by atoms with van der Waals surface area (Å²) in [5.74, 6) is 0.610. The zero-order valence-corrected chi connectivity index (χ0v) is 13.9. The average Bonchev–Trinajstić information content (AvgIpc) is 2.47. The predicted octanol–water partition coefficient (Wildman–Crippen LogP) is 5.24. The van der Waals surface area contributed by atoms with E-state index in [-0.39, 0.29) is 5.41 Å². The highest BCUT2D eigenvalue weighted by molar-refractivity contribution is 9.09. The first-order valence-electron chi connectivity index (χ1n) is 7.37. The Morgan fingerprint density at radius 3 is 2.53 bits per heavy atom. The molecule has 1 aromatic rings. The molecule has 106 valence electrons. The lowest BCUT2D eigenvalue weighted by molar-refractivity contribution is 0.0546. The largest absolute Gasteiger partial charge is 0.381 e. The molecule has 1 aliphatic rings. The molecule has 1 aromatic carbocycles. The van der Waals surface area contributed by atoms with Gasteiger partial charge < -0.3 is 4.74 Å². The van der Waals surface area contributed by atoms with E-state index in [1.54, 1.807) is 0 Å². The highest BCUT2D eigenvalue weighted by Crippen LogP contribution is 2.37. The van der Waals surface area contributed by atoms with Crippen molar-refractivity contribution in [2.24, 2.45) is 5.92 Å². The summed E-state index contributed by atoms with van der Waals surface area (Å²) in [6.45, 7) is 8.68. The molecule has 2 atom stereocenters. The molecular weight excluding hydrogens is 300 g/mol. The Bertz CT molecular complexity index is 390. The van der Waals surface area contributed by atoms with Crippen LogP contribution in [0.25, 0.3) is 0 Å². The minimum Gasteiger partial charge on any atom is -0.381 e. The summed E-state index contributed by atoms with van der Waals surface area (Å²) in [6.07, 6.45) is 3.62. The van der Waals surface area contributed by atoms with Crippen molar-refractivity contribution >= 4 is 15.9 Å². The van der Waals surface area contributed by atoms with Crippen LogP contribution in [0.4, 0.5) is 0 Å². The minimum absolute atomic E-state index is 0.272.